The van der Waals surface area contributed by atoms with Crippen LogP contribution in [0.3, 0.4) is 0 Å². The van der Waals surface area contributed by atoms with E-state index in [1.165, 1.54) is 0 Å². The molecular weight excluding hydrogens is 182 g/mol. The number of hydrogen-bond acceptors (Lipinski definition) is 2. The zero-order valence-corrected chi connectivity index (χ0v) is 8.32. The summed E-state index contributed by atoms with van der Waals surface area (Å²) in [5.74, 6) is 6.65. The summed E-state index contributed by atoms with van der Waals surface area (Å²) in [6.07, 6.45) is 2.39. The van der Waals surface area contributed by atoms with Gasteiger partial charge in [-0.05, 0) is 13.0 Å². The zero-order chi connectivity index (χ0) is 9.68. The molecule has 0 amide bonds. The van der Waals surface area contributed by atoms with Gasteiger partial charge in [-0.1, -0.05) is 11.8 Å². The standard InChI is InChI=1S/C10H11NOS/c1-8-6-9(4-2-3-5-13)7-11-10(8)12/h6-7,13H,3,5H2,1H3,(H,11,12). The second kappa shape index (κ2) is 4.78. The van der Waals surface area contributed by atoms with Crippen molar-refractivity contribution in [1.82, 2.24) is 4.98 Å². The first-order valence-corrected chi connectivity index (χ1v) is 4.66. The molecule has 13 heavy (non-hydrogen) atoms. The minimum absolute atomic E-state index is 0.0558. The van der Waals surface area contributed by atoms with Crippen LogP contribution in [-0.2, 0) is 0 Å². The van der Waals surface area contributed by atoms with E-state index < -0.39 is 0 Å². The predicted molar refractivity (Wildman–Crippen MR) is 57.1 cm³/mol. The number of nitrogens with one attached hydrogen (secondary N) is 1. The van der Waals surface area contributed by atoms with Crippen molar-refractivity contribution in [3.05, 3.63) is 33.7 Å². The Hall–Kier alpha value is -1.14. The van der Waals surface area contributed by atoms with E-state index in [-0.39, 0.29) is 5.56 Å². The summed E-state index contributed by atoms with van der Waals surface area (Å²) in [6, 6.07) is 1.78. The SMILES string of the molecule is Cc1cc(C#CCCS)c[nH]c1=O. The molecule has 0 fully saturated rings. The summed E-state index contributed by atoms with van der Waals surface area (Å²) in [7, 11) is 0. The maximum atomic E-state index is 11.0. The molecule has 0 bridgehead atoms. The molecule has 1 rings (SSSR count). The highest BCUT2D eigenvalue weighted by Crippen LogP contribution is 1.94. The first-order chi connectivity index (χ1) is 6.24. The minimum atomic E-state index is -0.0558. The average Bonchev–Trinajstić information content (AvgIpc) is 2.12. The molecule has 1 N–H and O–H groups in total. The molecule has 0 spiro atoms. The highest BCUT2D eigenvalue weighted by Gasteiger charge is 1.92. The number of thiol groups is 1. The van der Waals surface area contributed by atoms with Crippen molar-refractivity contribution in [3.8, 4) is 11.8 Å². The Morgan fingerprint density at radius 1 is 1.62 bits per heavy atom. The van der Waals surface area contributed by atoms with Crippen molar-refractivity contribution in [2.45, 2.75) is 13.3 Å². The van der Waals surface area contributed by atoms with E-state index in [1.807, 2.05) is 0 Å². The third-order valence-corrected chi connectivity index (χ3v) is 1.78. The van der Waals surface area contributed by atoms with E-state index in [1.54, 1.807) is 19.2 Å². The van der Waals surface area contributed by atoms with Crippen LogP contribution in [0.1, 0.15) is 17.5 Å². The van der Waals surface area contributed by atoms with E-state index >= 15 is 0 Å². The van der Waals surface area contributed by atoms with Gasteiger partial charge in [0, 0.05) is 29.5 Å². The molecule has 0 saturated carbocycles. The third-order valence-electron chi connectivity index (χ3n) is 1.56. The molecule has 0 aliphatic rings. The molecule has 1 aromatic heterocycles. The van der Waals surface area contributed by atoms with Gasteiger partial charge in [-0.2, -0.15) is 12.6 Å². The monoisotopic (exact) mass is 193 g/mol. The number of aromatic amines is 1. The van der Waals surface area contributed by atoms with Crippen molar-refractivity contribution in [3.63, 3.8) is 0 Å². The van der Waals surface area contributed by atoms with Gasteiger partial charge in [-0.25, -0.2) is 0 Å². The van der Waals surface area contributed by atoms with Crippen molar-refractivity contribution < 1.29 is 0 Å². The first kappa shape index (κ1) is 9.94. The number of rotatable bonds is 1. The van der Waals surface area contributed by atoms with Gasteiger partial charge in [-0.15, -0.1) is 0 Å². The predicted octanol–water partition coefficient (Wildman–Crippen LogP) is 1.35. The van der Waals surface area contributed by atoms with Crippen LogP contribution in [0.4, 0.5) is 0 Å². The normalized spacial score (nSPS) is 9.08. The molecule has 2 nitrogen and oxygen atoms in total. The van der Waals surface area contributed by atoms with Gasteiger partial charge in [0.1, 0.15) is 0 Å². The van der Waals surface area contributed by atoms with Gasteiger partial charge in [0.2, 0.25) is 0 Å². The molecule has 0 aliphatic heterocycles. The lowest BCUT2D eigenvalue weighted by molar-refractivity contribution is 1.17. The maximum Gasteiger partial charge on any atom is 0.250 e. The number of aromatic nitrogens is 1. The van der Waals surface area contributed by atoms with E-state index in [9.17, 15) is 4.79 Å². The van der Waals surface area contributed by atoms with Crippen molar-refractivity contribution in [2.75, 3.05) is 5.75 Å². The number of H-pyrrole nitrogens is 1. The molecule has 1 heterocycles. The van der Waals surface area contributed by atoms with Gasteiger partial charge in [0.15, 0.2) is 0 Å². The molecule has 0 unspecified atom stereocenters. The highest BCUT2D eigenvalue weighted by molar-refractivity contribution is 7.80. The van der Waals surface area contributed by atoms with E-state index in [0.717, 1.165) is 17.7 Å². The van der Waals surface area contributed by atoms with Crippen LogP contribution in [0.15, 0.2) is 17.1 Å². The van der Waals surface area contributed by atoms with Crippen LogP contribution < -0.4 is 5.56 Å². The van der Waals surface area contributed by atoms with Crippen LogP contribution >= 0.6 is 12.6 Å². The molecule has 3 heteroatoms. The first-order valence-electron chi connectivity index (χ1n) is 4.03. The Kier molecular flexibility index (Phi) is 3.66. The molecule has 0 aromatic carbocycles. The largest absolute Gasteiger partial charge is 0.328 e. The van der Waals surface area contributed by atoms with Crippen LogP contribution in [0, 0.1) is 18.8 Å². The lowest BCUT2D eigenvalue weighted by Crippen LogP contribution is -2.08. The number of aryl methyl sites for hydroxylation is 1. The van der Waals surface area contributed by atoms with Crippen molar-refractivity contribution >= 4 is 12.6 Å². The average molecular weight is 193 g/mol. The molecular formula is C10H11NOS. The molecule has 1 aromatic rings. The fraction of sp³-hybridized carbons (Fsp3) is 0.300. The molecule has 0 saturated heterocycles. The van der Waals surface area contributed by atoms with Gasteiger partial charge in [0.25, 0.3) is 5.56 Å². The molecule has 0 radical (unpaired) electrons. The smallest absolute Gasteiger partial charge is 0.250 e. The Bertz CT molecular complexity index is 397. The van der Waals surface area contributed by atoms with Crippen molar-refractivity contribution in [1.29, 1.82) is 0 Å². The van der Waals surface area contributed by atoms with Gasteiger partial charge >= 0.3 is 0 Å². The van der Waals surface area contributed by atoms with Crippen LogP contribution in [0.2, 0.25) is 0 Å². The van der Waals surface area contributed by atoms with Crippen LogP contribution in [-0.4, -0.2) is 10.7 Å². The van der Waals surface area contributed by atoms with Crippen LogP contribution in [0.25, 0.3) is 0 Å². The molecule has 0 aliphatic carbocycles. The lowest BCUT2D eigenvalue weighted by Gasteiger charge is -1.91. The summed E-state index contributed by atoms with van der Waals surface area (Å²) < 4.78 is 0. The third kappa shape index (κ3) is 3.00. The fourth-order valence-corrected chi connectivity index (χ4v) is 1.00. The second-order valence-electron chi connectivity index (χ2n) is 2.68. The summed E-state index contributed by atoms with van der Waals surface area (Å²) in [5.41, 5.74) is 1.48. The van der Waals surface area contributed by atoms with Gasteiger partial charge in [-0.3, -0.25) is 4.79 Å². The molecule has 68 valence electrons. The Morgan fingerprint density at radius 2 is 2.38 bits per heavy atom. The Balaban J connectivity index is 2.87. The van der Waals surface area contributed by atoms with Gasteiger partial charge < -0.3 is 4.98 Å². The quantitative estimate of drug-likeness (QED) is 0.512. The summed E-state index contributed by atoms with van der Waals surface area (Å²) >= 11 is 4.04. The van der Waals surface area contributed by atoms with E-state index in [0.29, 0.717) is 5.56 Å². The van der Waals surface area contributed by atoms with E-state index in [2.05, 4.69) is 29.5 Å². The Morgan fingerprint density at radius 3 is 3.00 bits per heavy atom. The summed E-state index contributed by atoms with van der Waals surface area (Å²) in [5, 5.41) is 0. The lowest BCUT2D eigenvalue weighted by atomic mass is 10.2. The Labute approximate surface area is 82.8 Å². The second-order valence-corrected chi connectivity index (χ2v) is 3.12. The topological polar surface area (TPSA) is 32.9 Å². The fourth-order valence-electron chi connectivity index (χ4n) is 0.890. The zero-order valence-electron chi connectivity index (χ0n) is 7.42. The molecule has 0 atom stereocenters. The number of hydrogen-bond donors (Lipinski definition) is 2. The summed E-state index contributed by atoms with van der Waals surface area (Å²) in [4.78, 5) is 13.6. The van der Waals surface area contributed by atoms with E-state index in [4.69, 9.17) is 0 Å². The maximum absolute atomic E-state index is 11.0. The van der Waals surface area contributed by atoms with Gasteiger partial charge in [0.05, 0.1) is 0 Å². The van der Waals surface area contributed by atoms with Crippen molar-refractivity contribution in [2.24, 2.45) is 0 Å². The summed E-state index contributed by atoms with van der Waals surface area (Å²) in [6.45, 7) is 1.77. The number of pyridine rings is 1. The van der Waals surface area contributed by atoms with Crippen LogP contribution in [0.5, 0.6) is 0 Å². The minimum Gasteiger partial charge on any atom is -0.328 e. The highest BCUT2D eigenvalue weighted by atomic mass is 32.1.